The maximum Gasteiger partial charge on any atom is 0.302 e. The molecule has 1 aliphatic heterocycles. The van der Waals surface area contributed by atoms with Gasteiger partial charge in [0.05, 0.1) is 16.8 Å². The SMILES string of the molecule is CS[C@@H]1CS(=O)(=O)C[C@@H]1OC(C)=O. The Morgan fingerprint density at radius 3 is 2.54 bits per heavy atom. The summed E-state index contributed by atoms with van der Waals surface area (Å²) in [5.41, 5.74) is 0. The molecule has 1 rings (SSSR count). The molecule has 0 bridgehead atoms. The van der Waals surface area contributed by atoms with Gasteiger partial charge in [-0.05, 0) is 6.26 Å². The van der Waals surface area contributed by atoms with Crippen molar-refractivity contribution >= 4 is 27.6 Å². The second-order valence-corrected chi connectivity index (χ2v) is 6.23. The smallest absolute Gasteiger partial charge is 0.302 e. The molecular weight excluding hydrogens is 212 g/mol. The van der Waals surface area contributed by atoms with Crippen LogP contribution < -0.4 is 0 Å². The van der Waals surface area contributed by atoms with Crippen molar-refractivity contribution in [1.82, 2.24) is 0 Å². The van der Waals surface area contributed by atoms with Crippen molar-refractivity contribution in [2.24, 2.45) is 0 Å². The van der Waals surface area contributed by atoms with E-state index in [0.29, 0.717) is 0 Å². The highest BCUT2D eigenvalue weighted by atomic mass is 32.2. The van der Waals surface area contributed by atoms with Crippen LogP contribution >= 0.6 is 11.8 Å². The van der Waals surface area contributed by atoms with Gasteiger partial charge in [0.2, 0.25) is 0 Å². The summed E-state index contributed by atoms with van der Waals surface area (Å²) in [6.45, 7) is 1.29. The summed E-state index contributed by atoms with van der Waals surface area (Å²) < 4.78 is 27.3. The molecule has 0 aliphatic carbocycles. The Morgan fingerprint density at radius 1 is 1.46 bits per heavy atom. The average molecular weight is 224 g/mol. The monoisotopic (exact) mass is 224 g/mol. The lowest BCUT2D eigenvalue weighted by molar-refractivity contribution is -0.144. The van der Waals surface area contributed by atoms with Gasteiger partial charge in [0.25, 0.3) is 0 Å². The van der Waals surface area contributed by atoms with Crippen LogP contribution in [0.15, 0.2) is 0 Å². The van der Waals surface area contributed by atoms with E-state index in [9.17, 15) is 13.2 Å². The van der Waals surface area contributed by atoms with Crippen LogP contribution in [0.5, 0.6) is 0 Å². The average Bonchev–Trinajstić information content (AvgIpc) is 2.24. The predicted octanol–water partition coefficient (Wildman–Crippen LogP) is 0.0781. The molecule has 0 aromatic rings. The van der Waals surface area contributed by atoms with E-state index >= 15 is 0 Å². The Hall–Kier alpha value is -0.230. The number of hydrogen-bond acceptors (Lipinski definition) is 5. The molecule has 1 heterocycles. The van der Waals surface area contributed by atoms with Crippen LogP contribution in [-0.4, -0.2) is 43.5 Å². The summed E-state index contributed by atoms with van der Waals surface area (Å²) in [6.07, 6.45) is 1.36. The van der Waals surface area contributed by atoms with Gasteiger partial charge in [0.1, 0.15) is 6.10 Å². The van der Waals surface area contributed by atoms with Crippen LogP contribution in [0.4, 0.5) is 0 Å². The van der Waals surface area contributed by atoms with Crippen LogP contribution in [-0.2, 0) is 19.4 Å². The Bertz CT molecular complexity index is 296. The molecule has 0 aromatic carbocycles. The minimum absolute atomic E-state index is 0.0297. The number of rotatable bonds is 2. The highest BCUT2D eigenvalue weighted by Gasteiger charge is 2.39. The molecule has 4 nitrogen and oxygen atoms in total. The van der Waals surface area contributed by atoms with Crippen molar-refractivity contribution < 1.29 is 17.9 Å². The van der Waals surface area contributed by atoms with E-state index in [0.717, 1.165) is 0 Å². The van der Waals surface area contributed by atoms with E-state index in [1.807, 2.05) is 6.26 Å². The molecule has 0 aromatic heterocycles. The van der Waals surface area contributed by atoms with Crippen molar-refractivity contribution in [3.05, 3.63) is 0 Å². The molecular formula is C7H12O4S2. The Balaban J connectivity index is 2.69. The van der Waals surface area contributed by atoms with E-state index in [1.165, 1.54) is 18.7 Å². The fourth-order valence-corrected chi connectivity index (χ4v) is 4.72. The number of hydrogen-bond donors (Lipinski definition) is 0. The fourth-order valence-electron chi connectivity index (χ4n) is 1.33. The number of sulfone groups is 1. The third-order valence-electron chi connectivity index (χ3n) is 1.87. The first-order valence-electron chi connectivity index (χ1n) is 3.85. The Labute approximate surface area is 81.9 Å². The molecule has 0 unspecified atom stereocenters. The lowest BCUT2D eigenvalue weighted by atomic mass is 10.3. The number of carbonyl (C=O) groups is 1. The summed E-state index contributed by atoms with van der Waals surface area (Å²) >= 11 is 1.43. The quantitative estimate of drug-likeness (QED) is 0.622. The zero-order chi connectivity index (χ0) is 10.1. The summed E-state index contributed by atoms with van der Waals surface area (Å²) in [7, 11) is -3.00. The highest BCUT2D eigenvalue weighted by molar-refractivity contribution is 8.01. The van der Waals surface area contributed by atoms with E-state index < -0.39 is 21.9 Å². The third kappa shape index (κ3) is 2.87. The van der Waals surface area contributed by atoms with Crippen LogP contribution in [0.1, 0.15) is 6.92 Å². The van der Waals surface area contributed by atoms with E-state index in [1.54, 1.807) is 0 Å². The molecule has 0 radical (unpaired) electrons. The first-order chi connectivity index (χ1) is 5.94. The summed E-state index contributed by atoms with van der Waals surface area (Å²) in [5.74, 6) is -0.328. The minimum Gasteiger partial charge on any atom is -0.460 e. The first kappa shape index (κ1) is 10.8. The van der Waals surface area contributed by atoms with Gasteiger partial charge in [-0.1, -0.05) is 0 Å². The lowest BCUT2D eigenvalue weighted by Gasteiger charge is -2.14. The standard InChI is InChI=1S/C7H12O4S2/c1-5(8)11-6-3-13(9,10)4-7(6)12-2/h6-7H,3-4H2,1-2H3/t6-,7+/m0/s1. The van der Waals surface area contributed by atoms with Crippen molar-refractivity contribution in [2.75, 3.05) is 17.8 Å². The molecule has 76 valence electrons. The number of ether oxygens (including phenoxy) is 1. The summed E-state index contributed by atoms with van der Waals surface area (Å²) in [5, 5.41) is -0.103. The number of thioether (sulfide) groups is 1. The van der Waals surface area contributed by atoms with Crippen LogP contribution in [0.25, 0.3) is 0 Å². The van der Waals surface area contributed by atoms with Crippen molar-refractivity contribution in [3.63, 3.8) is 0 Å². The van der Waals surface area contributed by atoms with Gasteiger partial charge in [-0.15, -0.1) is 0 Å². The van der Waals surface area contributed by atoms with Gasteiger partial charge in [0.15, 0.2) is 9.84 Å². The lowest BCUT2D eigenvalue weighted by Crippen LogP contribution is -2.26. The van der Waals surface area contributed by atoms with E-state index in [2.05, 4.69) is 0 Å². The topological polar surface area (TPSA) is 60.4 Å². The third-order valence-corrected chi connectivity index (χ3v) is 4.86. The van der Waals surface area contributed by atoms with E-state index in [-0.39, 0.29) is 16.8 Å². The van der Waals surface area contributed by atoms with Gasteiger partial charge < -0.3 is 4.74 Å². The summed E-state index contributed by atoms with van der Waals surface area (Å²) in [6, 6.07) is 0. The minimum atomic E-state index is -3.00. The van der Waals surface area contributed by atoms with Crippen LogP contribution in [0, 0.1) is 0 Å². The number of carbonyl (C=O) groups excluding carboxylic acids is 1. The highest BCUT2D eigenvalue weighted by Crippen LogP contribution is 2.25. The summed E-state index contributed by atoms with van der Waals surface area (Å²) in [4.78, 5) is 10.6. The Morgan fingerprint density at radius 2 is 2.08 bits per heavy atom. The maximum absolute atomic E-state index is 11.2. The molecule has 2 atom stereocenters. The molecule has 1 fully saturated rings. The molecule has 0 saturated carbocycles. The van der Waals surface area contributed by atoms with Gasteiger partial charge >= 0.3 is 5.97 Å². The zero-order valence-corrected chi connectivity index (χ0v) is 9.15. The molecule has 0 spiro atoms. The number of esters is 1. The Kier molecular flexibility index (Phi) is 3.23. The maximum atomic E-state index is 11.2. The fraction of sp³-hybridized carbons (Fsp3) is 0.857. The van der Waals surface area contributed by atoms with Gasteiger partial charge in [0, 0.05) is 6.92 Å². The predicted molar refractivity (Wildman–Crippen MR) is 51.5 cm³/mol. The van der Waals surface area contributed by atoms with Crippen molar-refractivity contribution in [3.8, 4) is 0 Å². The molecule has 0 amide bonds. The molecule has 6 heteroatoms. The van der Waals surface area contributed by atoms with Crippen LogP contribution in [0.2, 0.25) is 0 Å². The largest absolute Gasteiger partial charge is 0.460 e. The second kappa shape index (κ2) is 3.88. The van der Waals surface area contributed by atoms with Gasteiger partial charge in [-0.2, -0.15) is 11.8 Å². The normalized spacial score (nSPS) is 31.5. The van der Waals surface area contributed by atoms with Gasteiger partial charge in [-0.3, -0.25) is 4.79 Å². The molecule has 0 N–H and O–H groups in total. The van der Waals surface area contributed by atoms with E-state index in [4.69, 9.17) is 4.74 Å². The molecule has 1 saturated heterocycles. The zero-order valence-electron chi connectivity index (χ0n) is 7.52. The first-order valence-corrected chi connectivity index (χ1v) is 6.96. The van der Waals surface area contributed by atoms with Crippen molar-refractivity contribution in [1.29, 1.82) is 0 Å². The molecule has 13 heavy (non-hydrogen) atoms. The second-order valence-electron chi connectivity index (χ2n) is 3.00. The van der Waals surface area contributed by atoms with Crippen molar-refractivity contribution in [2.45, 2.75) is 18.3 Å². The van der Waals surface area contributed by atoms with Crippen LogP contribution in [0.3, 0.4) is 0 Å². The molecule has 1 aliphatic rings. The van der Waals surface area contributed by atoms with Gasteiger partial charge in [-0.25, -0.2) is 8.42 Å².